The Kier molecular flexibility index (Phi) is 146. The molecular weight excluding hydrogens is 252 g/mol. The average molecular weight is 262 g/mol. The van der Waals surface area contributed by atoms with E-state index in [2.05, 4.69) is 0 Å². The topological polar surface area (TPSA) is 0 Å². The van der Waals surface area contributed by atoms with Gasteiger partial charge in [0.1, 0.15) is 0 Å². The van der Waals surface area contributed by atoms with Gasteiger partial charge >= 0.3 is 0 Å². The largest absolute Gasteiger partial charge is 0.358 e. The molecule has 0 saturated heterocycles. The Bertz CT molecular complexity index is 7.51. The van der Waals surface area contributed by atoms with Crippen LogP contribution in [-0.2, 0) is 22.4 Å². The van der Waals surface area contributed by atoms with Crippen LogP contribution in [0.2, 0.25) is 0 Å². The Hall–Kier alpha value is 1.34. The van der Waals surface area contributed by atoms with Gasteiger partial charge in [-0.3, -0.25) is 0 Å². The van der Waals surface area contributed by atoms with Gasteiger partial charge in [-0.15, -0.1) is 0 Å². The van der Waals surface area contributed by atoms with Gasteiger partial charge in [-0.05, 0) is 0 Å². The van der Waals surface area contributed by atoms with Crippen molar-refractivity contribution >= 4 is 18.9 Å². The predicted molar refractivity (Wildman–Crippen MR) is 27.8 cm³/mol. The standard InChI is InChI=1S/C3H7.CH3.Au.Li/c1-3-2;;;/h3H,1-2H3;1H3;;/q2*-1;;. The van der Waals surface area contributed by atoms with Gasteiger partial charge in [0.15, 0.2) is 0 Å². The Morgan fingerprint density at radius 2 is 1.17 bits per heavy atom. The molecule has 0 nitrogen and oxygen atoms in total. The maximum atomic E-state index is 2.00. The molecule has 40 valence electrons. The molecule has 0 aromatic carbocycles. The van der Waals surface area contributed by atoms with Crippen molar-refractivity contribution in [3.05, 3.63) is 13.8 Å². The molecule has 0 amide bonds. The third kappa shape index (κ3) is 56.1. The van der Waals surface area contributed by atoms with Crippen LogP contribution >= 0.6 is 0 Å². The van der Waals surface area contributed by atoms with Crippen molar-refractivity contribution < 1.29 is 22.4 Å². The maximum absolute atomic E-state index is 2.00. The SMILES string of the molecule is C[CH-]C.[Au].[CH3-].[Li]. The summed E-state index contributed by atoms with van der Waals surface area (Å²) in [6.45, 7) is 4.00. The van der Waals surface area contributed by atoms with Gasteiger partial charge in [-0.1, -0.05) is 0 Å². The van der Waals surface area contributed by atoms with Crippen molar-refractivity contribution in [2.45, 2.75) is 13.8 Å². The summed E-state index contributed by atoms with van der Waals surface area (Å²) in [5.74, 6) is 0. The molecule has 0 aliphatic heterocycles. The molecule has 2 heteroatoms. The molecule has 0 fully saturated rings. The van der Waals surface area contributed by atoms with E-state index in [-0.39, 0.29) is 48.7 Å². The molecule has 0 aliphatic carbocycles. The quantitative estimate of drug-likeness (QED) is 0.456. The van der Waals surface area contributed by atoms with Crippen LogP contribution in [0.5, 0.6) is 0 Å². The number of hydrogen-bond donors (Lipinski definition) is 0. The summed E-state index contributed by atoms with van der Waals surface area (Å²) in [7, 11) is 0. The van der Waals surface area contributed by atoms with Gasteiger partial charge in [-0.2, -0.15) is 13.8 Å². The first-order chi connectivity index (χ1) is 1.41. The van der Waals surface area contributed by atoms with Crippen LogP contribution in [0, 0.1) is 13.8 Å². The molecule has 0 spiro atoms. The van der Waals surface area contributed by atoms with Gasteiger partial charge in [0.25, 0.3) is 0 Å². The smallest absolute Gasteiger partial charge is 0 e. The van der Waals surface area contributed by atoms with E-state index in [9.17, 15) is 0 Å². The van der Waals surface area contributed by atoms with Crippen LogP contribution in [0.25, 0.3) is 0 Å². The minimum absolute atomic E-state index is 0. The molecule has 0 atom stereocenters. The minimum atomic E-state index is 0. The first-order valence-corrected chi connectivity index (χ1v) is 1.15. The van der Waals surface area contributed by atoms with Gasteiger partial charge in [0.05, 0.1) is 0 Å². The molecule has 0 aromatic rings. The van der Waals surface area contributed by atoms with Crippen LogP contribution < -0.4 is 0 Å². The van der Waals surface area contributed by atoms with Crippen LogP contribution in [0.15, 0.2) is 0 Å². The van der Waals surface area contributed by atoms with E-state index in [0.29, 0.717) is 0 Å². The van der Waals surface area contributed by atoms with Gasteiger partial charge in [0, 0.05) is 41.2 Å². The summed E-state index contributed by atoms with van der Waals surface area (Å²) in [4.78, 5) is 0. The minimum Gasteiger partial charge on any atom is -0.358 e. The molecule has 0 bridgehead atoms. The summed E-state index contributed by atoms with van der Waals surface area (Å²) in [6.07, 6.45) is 2.00. The average Bonchev–Trinajstić information content (AvgIpc) is 0.918. The molecule has 0 N–H and O–H groups in total. The normalized spacial score (nSPS) is 3.00. The Balaban J connectivity index is -0.00000000667. The van der Waals surface area contributed by atoms with Crippen molar-refractivity contribution in [2.24, 2.45) is 0 Å². The van der Waals surface area contributed by atoms with E-state index in [1.807, 2.05) is 20.3 Å². The molecule has 0 aromatic heterocycles. The molecule has 0 rings (SSSR count). The van der Waals surface area contributed by atoms with Crippen molar-refractivity contribution in [3.8, 4) is 0 Å². The zero-order valence-corrected chi connectivity index (χ0v) is 7.05. The Morgan fingerprint density at radius 1 is 1.17 bits per heavy atom. The van der Waals surface area contributed by atoms with E-state index < -0.39 is 0 Å². The number of hydrogen-bond acceptors (Lipinski definition) is 0. The third-order valence-corrected chi connectivity index (χ3v) is 0. The molecule has 6 heavy (non-hydrogen) atoms. The molecular formula is C4H10AuLi-2. The van der Waals surface area contributed by atoms with Gasteiger partial charge < -0.3 is 13.8 Å². The number of rotatable bonds is 0. The zero-order valence-electron chi connectivity index (χ0n) is 4.88. The summed E-state index contributed by atoms with van der Waals surface area (Å²) >= 11 is 0. The Labute approximate surface area is 68.8 Å². The fraction of sp³-hybridized carbons (Fsp3) is 0.500. The van der Waals surface area contributed by atoms with E-state index in [1.54, 1.807) is 0 Å². The van der Waals surface area contributed by atoms with Gasteiger partial charge in [0.2, 0.25) is 0 Å². The van der Waals surface area contributed by atoms with Crippen LogP contribution in [-0.4, -0.2) is 18.9 Å². The second-order valence-electron chi connectivity index (χ2n) is 0.577. The van der Waals surface area contributed by atoms with Crippen LogP contribution in [0.3, 0.4) is 0 Å². The van der Waals surface area contributed by atoms with E-state index >= 15 is 0 Å². The van der Waals surface area contributed by atoms with Crippen LogP contribution in [0.1, 0.15) is 13.8 Å². The van der Waals surface area contributed by atoms with E-state index in [4.69, 9.17) is 0 Å². The van der Waals surface area contributed by atoms with Gasteiger partial charge in [-0.25, -0.2) is 0 Å². The fourth-order valence-corrected chi connectivity index (χ4v) is 0. The van der Waals surface area contributed by atoms with Crippen LogP contribution in [0.4, 0.5) is 0 Å². The molecule has 0 aliphatic rings. The first-order valence-electron chi connectivity index (χ1n) is 1.15. The van der Waals surface area contributed by atoms with Crippen molar-refractivity contribution in [1.82, 2.24) is 0 Å². The van der Waals surface area contributed by atoms with E-state index in [1.165, 1.54) is 0 Å². The zero-order chi connectivity index (χ0) is 2.71. The molecule has 0 heterocycles. The summed E-state index contributed by atoms with van der Waals surface area (Å²) in [5, 5.41) is 0. The fourth-order valence-electron chi connectivity index (χ4n) is 0. The monoisotopic (exact) mass is 262 g/mol. The summed E-state index contributed by atoms with van der Waals surface area (Å²) < 4.78 is 0. The summed E-state index contributed by atoms with van der Waals surface area (Å²) in [6, 6.07) is 0. The predicted octanol–water partition coefficient (Wildman–Crippen LogP) is 1.30. The molecule has 2 radical (unpaired) electrons. The third-order valence-electron chi connectivity index (χ3n) is 0. The van der Waals surface area contributed by atoms with E-state index in [0.717, 1.165) is 0 Å². The molecule has 0 saturated carbocycles. The maximum Gasteiger partial charge on any atom is 0 e. The second kappa shape index (κ2) is 33.0. The Morgan fingerprint density at radius 3 is 1.17 bits per heavy atom. The summed E-state index contributed by atoms with van der Waals surface area (Å²) in [5.41, 5.74) is 0. The molecule has 0 unspecified atom stereocenters. The second-order valence-corrected chi connectivity index (χ2v) is 0.577. The first kappa shape index (κ1) is 26.5. The van der Waals surface area contributed by atoms with Crippen molar-refractivity contribution in [2.75, 3.05) is 0 Å². The van der Waals surface area contributed by atoms with Crippen molar-refractivity contribution in [1.29, 1.82) is 0 Å². The van der Waals surface area contributed by atoms with Crippen molar-refractivity contribution in [3.63, 3.8) is 0 Å².